The SMILES string of the molecule is CC(C)NC(=O)Cn1c(-c2cccc(O)c2)nc2ncc(Br)cc2c1=O. The Kier molecular flexibility index (Phi) is 5.03. The number of carbonyl (C=O) groups is 1. The number of fused-ring (bicyclic) bond motifs is 1. The van der Waals surface area contributed by atoms with Crippen molar-refractivity contribution in [2.45, 2.75) is 26.4 Å². The number of hydrogen-bond acceptors (Lipinski definition) is 5. The van der Waals surface area contributed by atoms with Crippen molar-refractivity contribution in [3.63, 3.8) is 0 Å². The van der Waals surface area contributed by atoms with Crippen LogP contribution in [0.3, 0.4) is 0 Å². The van der Waals surface area contributed by atoms with Gasteiger partial charge in [-0.2, -0.15) is 0 Å². The van der Waals surface area contributed by atoms with Crippen LogP contribution in [-0.2, 0) is 11.3 Å². The highest BCUT2D eigenvalue weighted by molar-refractivity contribution is 9.10. The van der Waals surface area contributed by atoms with Crippen LogP contribution in [0.5, 0.6) is 5.75 Å². The van der Waals surface area contributed by atoms with Crippen molar-refractivity contribution in [2.75, 3.05) is 0 Å². The number of aromatic hydroxyl groups is 1. The number of rotatable bonds is 4. The average Bonchev–Trinajstić information content (AvgIpc) is 2.57. The maximum Gasteiger partial charge on any atom is 0.263 e. The Labute approximate surface area is 157 Å². The van der Waals surface area contributed by atoms with Gasteiger partial charge in [0.1, 0.15) is 18.1 Å². The second-order valence-electron chi connectivity index (χ2n) is 6.12. The molecule has 2 N–H and O–H groups in total. The lowest BCUT2D eigenvalue weighted by atomic mass is 10.2. The molecule has 7 nitrogen and oxygen atoms in total. The number of phenolic OH excluding ortho intramolecular Hbond substituents is 1. The van der Waals surface area contributed by atoms with E-state index in [4.69, 9.17) is 0 Å². The summed E-state index contributed by atoms with van der Waals surface area (Å²) in [5.41, 5.74) is 0.421. The highest BCUT2D eigenvalue weighted by Gasteiger charge is 2.17. The van der Waals surface area contributed by atoms with Gasteiger partial charge in [0.15, 0.2) is 5.65 Å². The van der Waals surface area contributed by atoms with E-state index >= 15 is 0 Å². The molecule has 0 aliphatic heterocycles. The lowest BCUT2D eigenvalue weighted by Gasteiger charge is -2.15. The van der Waals surface area contributed by atoms with Gasteiger partial charge in [0.05, 0.1) is 5.39 Å². The molecule has 0 atom stereocenters. The first-order valence-electron chi connectivity index (χ1n) is 8.00. The molecule has 0 aliphatic rings. The van der Waals surface area contributed by atoms with Gasteiger partial charge in [-0.1, -0.05) is 12.1 Å². The quantitative estimate of drug-likeness (QED) is 0.680. The van der Waals surface area contributed by atoms with Gasteiger partial charge in [-0.25, -0.2) is 9.97 Å². The van der Waals surface area contributed by atoms with Gasteiger partial charge in [-0.15, -0.1) is 0 Å². The number of benzene rings is 1. The first kappa shape index (κ1) is 18.1. The molecular formula is C18H17BrN4O3. The van der Waals surface area contributed by atoms with Gasteiger partial charge in [-0.3, -0.25) is 14.2 Å². The number of hydrogen-bond donors (Lipinski definition) is 2. The molecule has 134 valence electrons. The third-order valence-corrected chi connectivity index (χ3v) is 4.07. The third-order valence-electron chi connectivity index (χ3n) is 3.63. The van der Waals surface area contributed by atoms with E-state index < -0.39 is 0 Å². The fourth-order valence-electron chi connectivity index (χ4n) is 2.60. The summed E-state index contributed by atoms with van der Waals surface area (Å²) in [6, 6.07) is 7.95. The van der Waals surface area contributed by atoms with Crippen LogP contribution < -0.4 is 10.9 Å². The molecule has 0 saturated carbocycles. The Morgan fingerprint density at radius 2 is 2.12 bits per heavy atom. The maximum atomic E-state index is 13.0. The number of nitrogens with zero attached hydrogens (tertiary/aromatic N) is 3. The van der Waals surface area contributed by atoms with E-state index in [9.17, 15) is 14.7 Å². The molecule has 0 bridgehead atoms. The zero-order chi connectivity index (χ0) is 18.8. The number of phenols is 1. The number of amides is 1. The van der Waals surface area contributed by atoms with Crippen molar-refractivity contribution in [3.05, 3.63) is 51.4 Å². The summed E-state index contributed by atoms with van der Waals surface area (Å²) in [6.45, 7) is 3.50. The van der Waals surface area contributed by atoms with Crippen LogP contribution in [0.1, 0.15) is 13.8 Å². The number of pyridine rings is 1. The minimum absolute atomic E-state index is 0.0405. The minimum atomic E-state index is -0.374. The van der Waals surface area contributed by atoms with Crippen LogP contribution in [-0.4, -0.2) is 31.6 Å². The highest BCUT2D eigenvalue weighted by atomic mass is 79.9. The van der Waals surface area contributed by atoms with E-state index in [-0.39, 0.29) is 41.3 Å². The van der Waals surface area contributed by atoms with Crippen molar-refractivity contribution in [1.82, 2.24) is 19.9 Å². The van der Waals surface area contributed by atoms with Crippen molar-refractivity contribution in [2.24, 2.45) is 0 Å². The van der Waals surface area contributed by atoms with Crippen LogP contribution in [0.15, 0.2) is 45.8 Å². The van der Waals surface area contributed by atoms with Gasteiger partial charge < -0.3 is 10.4 Å². The second kappa shape index (κ2) is 7.25. The molecule has 0 saturated heterocycles. The Morgan fingerprint density at radius 1 is 1.35 bits per heavy atom. The van der Waals surface area contributed by atoms with Crippen molar-refractivity contribution < 1.29 is 9.90 Å². The Morgan fingerprint density at radius 3 is 2.81 bits per heavy atom. The van der Waals surface area contributed by atoms with Gasteiger partial charge in [0.25, 0.3) is 5.56 Å². The zero-order valence-electron chi connectivity index (χ0n) is 14.2. The van der Waals surface area contributed by atoms with E-state index in [0.29, 0.717) is 15.4 Å². The van der Waals surface area contributed by atoms with Gasteiger partial charge in [0, 0.05) is 22.3 Å². The Balaban J connectivity index is 2.23. The molecule has 1 amide bonds. The van der Waals surface area contributed by atoms with Crippen LogP contribution in [0.25, 0.3) is 22.4 Å². The molecule has 1 aromatic carbocycles. The molecule has 0 aliphatic carbocycles. The summed E-state index contributed by atoms with van der Waals surface area (Å²) in [7, 11) is 0. The Hall–Kier alpha value is -2.74. The largest absolute Gasteiger partial charge is 0.508 e. The second-order valence-corrected chi connectivity index (χ2v) is 7.04. The molecule has 3 aromatic rings. The molecule has 0 spiro atoms. The van der Waals surface area contributed by atoms with E-state index in [2.05, 4.69) is 31.2 Å². The number of nitrogens with one attached hydrogen (secondary N) is 1. The topological polar surface area (TPSA) is 97.1 Å². The minimum Gasteiger partial charge on any atom is -0.508 e. The summed E-state index contributed by atoms with van der Waals surface area (Å²) >= 11 is 3.30. The molecule has 0 radical (unpaired) electrons. The van der Waals surface area contributed by atoms with Crippen LogP contribution >= 0.6 is 15.9 Å². The Bertz CT molecular complexity index is 1050. The molecule has 26 heavy (non-hydrogen) atoms. The zero-order valence-corrected chi connectivity index (χ0v) is 15.8. The summed E-state index contributed by atoms with van der Waals surface area (Å²) in [5, 5.41) is 12.8. The van der Waals surface area contributed by atoms with E-state index in [1.54, 1.807) is 24.4 Å². The van der Waals surface area contributed by atoms with Crippen molar-refractivity contribution in [3.8, 4) is 17.1 Å². The third kappa shape index (κ3) is 3.75. The van der Waals surface area contributed by atoms with Crippen molar-refractivity contribution in [1.29, 1.82) is 0 Å². The van der Waals surface area contributed by atoms with Gasteiger partial charge in [0.2, 0.25) is 5.91 Å². The summed E-state index contributed by atoms with van der Waals surface area (Å²) in [4.78, 5) is 33.9. The predicted molar refractivity (Wildman–Crippen MR) is 102 cm³/mol. The van der Waals surface area contributed by atoms with E-state index in [1.165, 1.54) is 16.7 Å². The number of halogens is 1. The van der Waals surface area contributed by atoms with E-state index in [0.717, 1.165) is 0 Å². The first-order chi connectivity index (χ1) is 12.3. The summed E-state index contributed by atoms with van der Waals surface area (Å²) in [6.07, 6.45) is 1.55. The summed E-state index contributed by atoms with van der Waals surface area (Å²) < 4.78 is 1.94. The lowest BCUT2D eigenvalue weighted by molar-refractivity contribution is -0.122. The molecule has 8 heteroatoms. The fraction of sp³-hybridized carbons (Fsp3) is 0.222. The molecule has 0 fully saturated rings. The van der Waals surface area contributed by atoms with Crippen LogP contribution in [0.2, 0.25) is 0 Å². The monoisotopic (exact) mass is 416 g/mol. The van der Waals surface area contributed by atoms with Gasteiger partial charge >= 0.3 is 0 Å². The standard InChI is InChI=1S/C18H17BrN4O3/c1-10(2)21-15(25)9-23-17(11-4-3-5-13(24)6-11)22-16-14(18(23)26)7-12(19)8-20-16/h3-8,10,24H,9H2,1-2H3,(H,21,25). The van der Waals surface area contributed by atoms with Crippen molar-refractivity contribution >= 4 is 32.9 Å². The van der Waals surface area contributed by atoms with Crippen LogP contribution in [0.4, 0.5) is 0 Å². The summed E-state index contributed by atoms with van der Waals surface area (Å²) in [5.74, 6) is 0.0125. The number of carbonyl (C=O) groups excluding carboxylic acids is 1. The molecular weight excluding hydrogens is 400 g/mol. The lowest BCUT2D eigenvalue weighted by Crippen LogP contribution is -2.37. The number of aromatic nitrogens is 3. The predicted octanol–water partition coefficient (Wildman–Crippen LogP) is 2.45. The highest BCUT2D eigenvalue weighted by Crippen LogP contribution is 2.23. The molecule has 0 unspecified atom stereocenters. The first-order valence-corrected chi connectivity index (χ1v) is 8.79. The average molecular weight is 417 g/mol. The van der Waals surface area contributed by atoms with E-state index in [1.807, 2.05) is 13.8 Å². The fourth-order valence-corrected chi connectivity index (χ4v) is 2.94. The maximum absolute atomic E-state index is 13.0. The van der Waals surface area contributed by atoms with Gasteiger partial charge in [-0.05, 0) is 48.0 Å². The van der Waals surface area contributed by atoms with Crippen LogP contribution in [0, 0.1) is 0 Å². The molecule has 2 aromatic heterocycles. The molecule has 2 heterocycles. The molecule has 3 rings (SSSR count). The smallest absolute Gasteiger partial charge is 0.263 e. The normalized spacial score (nSPS) is 11.1.